The van der Waals surface area contributed by atoms with E-state index >= 15 is 0 Å². The first kappa shape index (κ1) is 12.0. The maximum Gasteiger partial charge on any atom is 0.293 e. The molecule has 0 bridgehead atoms. The van der Waals surface area contributed by atoms with Crippen LogP contribution in [0.1, 0.15) is 13.8 Å². The first-order valence-electron chi connectivity index (χ1n) is 4.68. The highest BCUT2D eigenvalue weighted by Gasteiger charge is 2.13. The van der Waals surface area contributed by atoms with Gasteiger partial charge in [-0.05, 0) is 18.1 Å². The van der Waals surface area contributed by atoms with Gasteiger partial charge in [0.25, 0.3) is 5.69 Å². The van der Waals surface area contributed by atoms with Gasteiger partial charge in [0.15, 0.2) is 0 Å². The van der Waals surface area contributed by atoms with Gasteiger partial charge in [0, 0.05) is 17.1 Å². The molecule has 0 unspecified atom stereocenters. The van der Waals surface area contributed by atoms with Crippen LogP contribution in [0.4, 0.5) is 11.4 Å². The molecule has 0 atom stereocenters. The number of nitrogens with one attached hydrogen (secondary N) is 1. The van der Waals surface area contributed by atoms with Crippen molar-refractivity contribution >= 4 is 27.3 Å². The van der Waals surface area contributed by atoms with Crippen molar-refractivity contribution < 1.29 is 4.92 Å². The predicted octanol–water partition coefficient (Wildman–Crippen LogP) is 3.43. The van der Waals surface area contributed by atoms with Crippen LogP contribution in [-0.4, -0.2) is 11.5 Å². The molecule has 0 heterocycles. The van der Waals surface area contributed by atoms with E-state index in [1.54, 1.807) is 12.1 Å². The minimum atomic E-state index is -0.382. The highest BCUT2D eigenvalue weighted by atomic mass is 79.9. The van der Waals surface area contributed by atoms with Gasteiger partial charge in [0.05, 0.1) is 4.92 Å². The van der Waals surface area contributed by atoms with Crippen molar-refractivity contribution in [1.82, 2.24) is 0 Å². The zero-order valence-electron chi connectivity index (χ0n) is 8.66. The molecule has 0 aliphatic rings. The number of halogens is 1. The van der Waals surface area contributed by atoms with Gasteiger partial charge in [-0.1, -0.05) is 29.8 Å². The van der Waals surface area contributed by atoms with Gasteiger partial charge in [-0.25, -0.2) is 0 Å². The molecular weight excluding hydrogens is 260 g/mol. The molecule has 0 saturated heterocycles. The molecule has 0 saturated carbocycles. The van der Waals surface area contributed by atoms with Crippen LogP contribution in [-0.2, 0) is 0 Å². The number of rotatable bonds is 4. The van der Waals surface area contributed by atoms with E-state index in [1.807, 2.05) is 0 Å². The van der Waals surface area contributed by atoms with Crippen molar-refractivity contribution in [2.45, 2.75) is 13.8 Å². The molecule has 0 aromatic heterocycles. The molecule has 82 valence electrons. The highest BCUT2D eigenvalue weighted by Crippen LogP contribution is 2.27. The zero-order valence-corrected chi connectivity index (χ0v) is 10.2. The monoisotopic (exact) mass is 272 g/mol. The Morgan fingerprint density at radius 2 is 2.20 bits per heavy atom. The summed E-state index contributed by atoms with van der Waals surface area (Å²) in [5.41, 5.74) is 0.668. The summed E-state index contributed by atoms with van der Waals surface area (Å²) in [4.78, 5) is 10.4. The van der Waals surface area contributed by atoms with Crippen LogP contribution in [0.5, 0.6) is 0 Å². The summed E-state index contributed by atoms with van der Waals surface area (Å²) in [5.74, 6) is 0.452. The Balaban J connectivity index is 2.91. The van der Waals surface area contributed by atoms with E-state index in [1.165, 1.54) is 6.07 Å². The lowest BCUT2D eigenvalue weighted by atomic mass is 10.2. The lowest BCUT2D eigenvalue weighted by Crippen LogP contribution is -2.09. The molecule has 1 N–H and O–H groups in total. The SMILES string of the molecule is CC(C)CNc1ccc(Br)cc1[N+](=O)[O-]. The fourth-order valence-electron chi connectivity index (χ4n) is 1.12. The molecule has 5 heteroatoms. The van der Waals surface area contributed by atoms with E-state index in [-0.39, 0.29) is 10.6 Å². The third-order valence-electron chi connectivity index (χ3n) is 1.86. The Morgan fingerprint density at radius 1 is 1.53 bits per heavy atom. The summed E-state index contributed by atoms with van der Waals surface area (Å²) in [6.45, 7) is 4.83. The van der Waals surface area contributed by atoms with Crippen molar-refractivity contribution in [2.75, 3.05) is 11.9 Å². The van der Waals surface area contributed by atoms with Gasteiger partial charge < -0.3 is 5.32 Å². The molecule has 0 radical (unpaired) electrons. The fourth-order valence-corrected chi connectivity index (χ4v) is 1.47. The van der Waals surface area contributed by atoms with Gasteiger partial charge in [-0.15, -0.1) is 0 Å². The molecule has 0 aliphatic heterocycles. The molecule has 15 heavy (non-hydrogen) atoms. The van der Waals surface area contributed by atoms with E-state index in [9.17, 15) is 10.1 Å². The predicted molar refractivity (Wildman–Crippen MR) is 64.1 cm³/mol. The summed E-state index contributed by atoms with van der Waals surface area (Å²) in [6.07, 6.45) is 0. The van der Waals surface area contributed by atoms with Crippen molar-refractivity contribution in [1.29, 1.82) is 0 Å². The summed E-state index contributed by atoms with van der Waals surface area (Å²) in [7, 11) is 0. The molecule has 0 amide bonds. The Bertz CT molecular complexity index is 366. The second kappa shape index (κ2) is 5.11. The Hall–Kier alpha value is -1.10. The summed E-state index contributed by atoms with van der Waals surface area (Å²) in [5, 5.41) is 13.8. The number of hydrogen-bond acceptors (Lipinski definition) is 3. The molecule has 0 aliphatic carbocycles. The molecular formula is C10H13BrN2O2. The Kier molecular flexibility index (Phi) is 4.08. The van der Waals surface area contributed by atoms with Gasteiger partial charge in [-0.3, -0.25) is 10.1 Å². The topological polar surface area (TPSA) is 55.2 Å². The van der Waals surface area contributed by atoms with Gasteiger partial charge >= 0.3 is 0 Å². The standard InChI is InChI=1S/C10H13BrN2O2/c1-7(2)6-12-9-4-3-8(11)5-10(9)13(14)15/h3-5,7,12H,6H2,1-2H3. The van der Waals surface area contributed by atoms with E-state index in [2.05, 4.69) is 35.1 Å². The zero-order chi connectivity index (χ0) is 11.4. The largest absolute Gasteiger partial charge is 0.379 e. The Morgan fingerprint density at radius 3 is 2.73 bits per heavy atom. The number of hydrogen-bond donors (Lipinski definition) is 1. The van der Waals surface area contributed by atoms with Crippen LogP contribution in [0, 0.1) is 16.0 Å². The minimum absolute atomic E-state index is 0.102. The maximum absolute atomic E-state index is 10.8. The van der Waals surface area contributed by atoms with Crippen LogP contribution in [0.2, 0.25) is 0 Å². The number of nitro groups is 1. The summed E-state index contributed by atoms with van der Waals surface area (Å²) >= 11 is 3.21. The first-order chi connectivity index (χ1) is 7.00. The quantitative estimate of drug-likeness (QED) is 0.675. The maximum atomic E-state index is 10.8. The van der Waals surface area contributed by atoms with Crippen LogP contribution in [0.15, 0.2) is 22.7 Å². The fraction of sp³-hybridized carbons (Fsp3) is 0.400. The highest BCUT2D eigenvalue weighted by molar-refractivity contribution is 9.10. The third kappa shape index (κ3) is 3.51. The molecule has 0 fully saturated rings. The molecule has 0 spiro atoms. The second-order valence-electron chi connectivity index (χ2n) is 3.69. The Labute approximate surface area is 97.0 Å². The average molecular weight is 273 g/mol. The van der Waals surface area contributed by atoms with Gasteiger partial charge in [0.2, 0.25) is 0 Å². The third-order valence-corrected chi connectivity index (χ3v) is 2.35. The van der Waals surface area contributed by atoms with E-state index in [4.69, 9.17) is 0 Å². The average Bonchev–Trinajstić information content (AvgIpc) is 2.15. The number of anilines is 1. The molecule has 1 aromatic rings. The summed E-state index contributed by atoms with van der Waals surface area (Å²) < 4.78 is 0.712. The van der Waals surface area contributed by atoms with Crippen molar-refractivity contribution in [3.8, 4) is 0 Å². The summed E-state index contributed by atoms with van der Waals surface area (Å²) in [6, 6.07) is 5.00. The van der Waals surface area contributed by atoms with E-state index < -0.39 is 0 Å². The van der Waals surface area contributed by atoms with Gasteiger partial charge in [0.1, 0.15) is 5.69 Å². The van der Waals surface area contributed by atoms with Crippen molar-refractivity contribution in [3.05, 3.63) is 32.8 Å². The van der Waals surface area contributed by atoms with Crippen LogP contribution >= 0.6 is 15.9 Å². The normalized spacial score (nSPS) is 10.4. The second-order valence-corrected chi connectivity index (χ2v) is 4.61. The van der Waals surface area contributed by atoms with Crippen LogP contribution < -0.4 is 5.32 Å². The van der Waals surface area contributed by atoms with Crippen molar-refractivity contribution in [3.63, 3.8) is 0 Å². The smallest absolute Gasteiger partial charge is 0.293 e. The first-order valence-corrected chi connectivity index (χ1v) is 5.48. The lowest BCUT2D eigenvalue weighted by molar-refractivity contribution is -0.384. The van der Waals surface area contributed by atoms with Crippen LogP contribution in [0.3, 0.4) is 0 Å². The number of nitrogens with zero attached hydrogens (tertiary/aromatic N) is 1. The lowest BCUT2D eigenvalue weighted by Gasteiger charge is -2.09. The minimum Gasteiger partial charge on any atom is -0.379 e. The van der Waals surface area contributed by atoms with Crippen molar-refractivity contribution in [2.24, 2.45) is 5.92 Å². The molecule has 4 nitrogen and oxygen atoms in total. The van der Waals surface area contributed by atoms with E-state index in [0.29, 0.717) is 16.1 Å². The number of nitro benzene ring substituents is 1. The molecule has 1 aromatic carbocycles. The number of benzene rings is 1. The van der Waals surface area contributed by atoms with Gasteiger partial charge in [-0.2, -0.15) is 0 Å². The van der Waals surface area contributed by atoms with Crippen LogP contribution in [0.25, 0.3) is 0 Å². The molecule has 1 rings (SSSR count). The van der Waals surface area contributed by atoms with E-state index in [0.717, 1.165) is 6.54 Å².